The van der Waals surface area contributed by atoms with Crippen molar-refractivity contribution in [1.29, 1.82) is 0 Å². The second-order valence-corrected chi connectivity index (χ2v) is 9.39. The lowest BCUT2D eigenvalue weighted by atomic mass is 10.0. The first-order chi connectivity index (χ1) is 17.4. The molecular formula is C28H29F2N5O. The summed E-state index contributed by atoms with van der Waals surface area (Å²) in [5, 5.41) is 0.748. The Morgan fingerprint density at radius 3 is 2.69 bits per heavy atom. The fraction of sp³-hybridized carbons (Fsp3) is 0.321. The molecule has 1 saturated heterocycles. The van der Waals surface area contributed by atoms with E-state index in [2.05, 4.69) is 28.9 Å². The van der Waals surface area contributed by atoms with Crippen molar-refractivity contribution in [3.8, 4) is 28.3 Å². The molecule has 5 rings (SSSR count). The Labute approximate surface area is 209 Å². The molecule has 2 aromatic carbocycles. The van der Waals surface area contributed by atoms with Gasteiger partial charge in [0.2, 0.25) is 0 Å². The molecule has 2 aromatic heterocycles. The second-order valence-electron chi connectivity index (χ2n) is 9.39. The Balaban J connectivity index is 1.74. The largest absolute Gasteiger partial charge is 0.494 e. The number of halogens is 2. The number of nitrogens with zero attached hydrogens (tertiary/aromatic N) is 5. The third-order valence-electron chi connectivity index (χ3n) is 6.68. The maximum absolute atomic E-state index is 14.8. The second kappa shape index (κ2) is 10.1. The van der Waals surface area contributed by atoms with E-state index >= 15 is 0 Å². The van der Waals surface area contributed by atoms with Gasteiger partial charge in [0.05, 0.1) is 7.11 Å². The Kier molecular flexibility index (Phi) is 6.78. The normalized spacial score (nSPS) is 15.7. The first-order valence-electron chi connectivity index (χ1n) is 12.1. The van der Waals surface area contributed by atoms with Crippen LogP contribution >= 0.6 is 0 Å². The van der Waals surface area contributed by atoms with Crippen molar-refractivity contribution in [1.82, 2.24) is 19.9 Å². The van der Waals surface area contributed by atoms with Gasteiger partial charge in [-0.15, -0.1) is 0 Å². The molecule has 1 unspecified atom stereocenters. The van der Waals surface area contributed by atoms with E-state index < -0.39 is 11.6 Å². The summed E-state index contributed by atoms with van der Waals surface area (Å²) < 4.78 is 34.5. The molecule has 8 heteroatoms. The Hall–Kier alpha value is -3.65. The SMILES string of the molecule is COc1cc(-c2cc(F)ccc2F)cc2c(N3CCCC3CCN(C)C)nc(-c3cccnc3)nc12. The van der Waals surface area contributed by atoms with E-state index in [1.807, 2.05) is 18.2 Å². The molecule has 1 aliphatic heterocycles. The minimum absolute atomic E-state index is 0.170. The molecule has 3 heterocycles. The van der Waals surface area contributed by atoms with Crippen molar-refractivity contribution in [3.63, 3.8) is 0 Å². The van der Waals surface area contributed by atoms with Crippen LogP contribution in [0.3, 0.4) is 0 Å². The highest BCUT2D eigenvalue weighted by Crippen LogP contribution is 2.40. The van der Waals surface area contributed by atoms with Gasteiger partial charge >= 0.3 is 0 Å². The molecule has 0 spiro atoms. The van der Waals surface area contributed by atoms with Crippen LogP contribution in [0.1, 0.15) is 19.3 Å². The zero-order chi connectivity index (χ0) is 25.2. The molecule has 1 atom stereocenters. The minimum atomic E-state index is -0.503. The summed E-state index contributed by atoms with van der Waals surface area (Å²) in [6, 6.07) is 11.1. The summed E-state index contributed by atoms with van der Waals surface area (Å²) in [6.07, 6.45) is 6.57. The van der Waals surface area contributed by atoms with Crippen molar-refractivity contribution in [3.05, 3.63) is 66.5 Å². The van der Waals surface area contributed by atoms with E-state index in [9.17, 15) is 8.78 Å². The van der Waals surface area contributed by atoms with Gasteiger partial charge in [0.25, 0.3) is 0 Å². The number of methoxy groups -OCH3 is 1. The molecule has 0 radical (unpaired) electrons. The number of benzene rings is 2. The van der Waals surface area contributed by atoms with E-state index in [1.165, 1.54) is 6.07 Å². The van der Waals surface area contributed by atoms with Gasteiger partial charge in [-0.3, -0.25) is 4.98 Å². The van der Waals surface area contributed by atoms with Crippen LogP contribution in [-0.2, 0) is 0 Å². The molecule has 6 nitrogen and oxygen atoms in total. The highest BCUT2D eigenvalue weighted by molar-refractivity contribution is 5.98. The average molecular weight is 490 g/mol. The van der Waals surface area contributed by atoms with Crippen LogP contribution in [0.5, 0.6) is 5.75 Å². The summed E-state index contributed by atoms with van der Waals surface area (Å²) in [4.78, 5) is 18.6. The van der Waals surface area contributed by atoms with Crippen LogP contribution in [0.15, 0.2) is 54.9 Å². The lowest BCUT2D eigenvalue weighted by Gasteiger charge is -2.28. The number of pyridine rings is 1. The van der Waals surface area contributed by atoms with Crippen LogP contribution < -0.4 is 9.64 Å². The highest BCUT2D eigenvalue weighted by atomic mass is 19.1. The molecule has 186 valence electrons. The standard InChI is InChI=1S/C28H29F2N5O/c1-34(2)13-10-21-7-5-12-35(21)28-23-14-19(22-16-20(29)8-9-24(22)30)15-25(36-3)26(23)32-27(33-28)18-6-4-11-31-17-18/h4,6,8-9,11,14-17,21H,5,7,10,12-13H2,1-3H3. The predicted octanol–water partition coefficient (Wildman–Crippen LogP) is 5.57. The summed E-state index contributed by atoms with van der Waals surface area (Å²) in [5.74, 6) is 0.794. The van der Waals surface area contributed by atoms with Gasteiger partial charge in [-0.05, 0) is 87.9 Å². The molecule has 0 amide bonds. The molecule has 4 aromatic rings. The van der Waals surface area contributed by atoms with Gasteiger partial charge in [0.1, 0.15) is 28.7 Å². The molecule has 0 saturated carbocycles. The Morgan fingerprint density at radius 1 is 1.08 bits per heavy atom. The van der Waals surface area contributed by atoms with Gasteiger partial charge < -0.3 is 14.5 Å². The van der Waals surface area contributed by atoms with E-state index in [4.69, 9.17) is 14.7 Å². The fourth-order valence-electron chi connectivity index (χ4n) is 4.88. The maximum atomic E-state index is 14.8. The summed E-state index contributed by atoms with van der Waals surface area (Å²) in [5.41, 5.74) is 2.11. The lowest BCUT2D eigenvalue weighted by molar-refractivity contribution is 0.380. The van der Waals surface area contributed by atoms with E-state index in [0.29, 0.717) is 28.7 Å². The molecule has 1 fully saturated rings. The van der Waals surface area contributed by atoms with E-state index in [-0.39, 0.29) is 5.56 Å². The highest BCUT2D eigenvalue weighted by Gasteiger charge is 2.29. The number of aromatic nitrogens is 3. The quantitative estimate of drug-likeness (QED) is 0.339. The van der Waals surface area contributed by atoms with Crippen molar-refractivity contribution in [2.75, 3.05) is 39.2 Å². The summed E-state index contributed by atoms with van der Waals surface area (Å²) in [6.45, 7) is 1.82. The monoisotopic (exact) mass is 489 g/mol. The van der Waals surface area contributed by atoms with Gasteiger partial charge in [0, 0.05) is 41.5 Å². The van der Waals surface area contributed by atoms with Crippen LogP contribution in [0.2, 0.25) is 0 Å². The number of hydrogen-bond donors (Lipinski definition) is 0. The fourth-order valence-corrected chi connectivity index (χ4v) is 4.88. The molecule has 0 N–H and O–H groups in total. The number of hydrogen-bond acceptors (Lipinski definition) is 6. The van der Waals surface area contributed by atoms with Crippen LogP contribution in [0.25, 0.3) is 33.4 Å². The molecule has 1 aliphatic rings. The Bertz CT molecular complexity index is 1380. The lowest BCUT2D eigenvalue weighted by Crippen LogP contribution is -2.33. The van der Waals surface area contributed by atoms with Crippen molar-refractivity contribution in [2.24, 2.45) is 0 Å². The van der Waals surface area contributed by atoms with Crippen molar-refractivity contribution < 1.29 is 13.5 Å². The number of ether oxygens (including phenoxy) is 1. The zero-order valence-electron chi connectivity index (χ0n) is 20.7. The van der Waals surface area contributed by atoms with Crippen LogP contribution in [-0.4, -0.2) is 60.2 Å². The van der Waals surface area contributed by atoms with Crippen LogP contribution in [0, 0.1) is 11.6 Å². The van der Waals surface area contributed by atoms with Gasteiger partial charge in [0.15, 0.2) is 5.82 Å². The third kappa shape index (κ3) is 4.73. The number of rotatable bonds is 7. The summed E-state index contributed by atoms with van der Waals surface area (Å²) >= 11 is 0. The van der Waals surface area contributed by atoms with Gasteiger partial charge in [-0.25, -0.2) is 18.7 Å². The molecule has 0 bridgehead atoms. The average Bonchev–Trinajstić information content (AvgIpc) is 3.36. The zero-order valence-corrected chi connectivity index (χ0v) is 20.7. The maximum Gasteiger partial charge on any atom is 0.163 e. The topological polar surface area (TPSA) is 54.4 Å². The third-order valence-corrected chi connectivity index (χ3v) is 6.68. The van der Waals surface area contributed by atoms with Gasteiger partial charge in [-0.1, -0.05) is 0 Å². The van der Waals surface area contributed by atoms with Crippen LogP contribution in [0.4, 0.5) is 14.6 Å². The number of fused-ring (bicyclic) bond motifs is 1. The smallest absolute Gasteiger partial charge is 0.163 e. The van der Waals surface area contributed by atoms with E-state index in [0.717, 1.165) is 61.3 Å². The van der Waals surface area contributed by atoms with Gasteiger partial charge in [-0.2, -0.15) is 0 Å². The first-order valence-corrected chi connectivity index (χ1v) is 12.1. The van der Waals surface area contributed by atoms with Crippen molar-refractivity contribution >= 4 is 16.7 Å². The molecule has 0 aliphatic carbocycles. The predicted molar refractivity (Wildman–Crippen MR) is 138 cm³/mol. The first kappa shape index (κ1) is 24.1. The number of anilines is 1. The van der Waals surface area contributed by atoms with Crippen molar-refractivity contribution in [2.45, 2.75) is 25.3 Å². The molecule has 36 heavy (non-hydrogen) atoms. The molecular weight excluding hydrogens is 460 g/mol. The van der Waals surface area contributed by atoms with E-state index in [1.54, 1.807) is 25.6 Å². The summed E-state index contributed by atoms with van der Waals surface area (Å²) in [7, 11) is 5.71. The Morgan fingerprint density at radius 2 is 1.94 bits per heavy atom. The minimum Gasteiger partial charge on any atom is -0.494 e.